The molecule has 36 heavy (non-hydrogen) atoms. The number of benzene rings is 3. The van der Waals surface area contributed by atoms with Crippen LogP contribution in [0.4, 0.5) is 0 Å². The topological polar surface area (TPSA) is 74.8 Å². The van der Waals surface area contributed by atoms with Crippen molar-refractivity contribution in [2.24, 2.45) is 0 Å². The monoisotopic (exact) mass is 622 g/mol. The third-order valence-corrected chi connectivity index (χ3v) is 7.86. The number of fused-ring (bicyclic) bond motifs is 1. The van der Waals surface area contributed by atoms with Gasteiger partial charge in [0.1, 0.15) is 6.54 Å². The summed E-state index contributed by atoms with van der Waals surface area (Å²) in [5, 5.41) is 0.206. The smallest absolute Gasteiger partial charge is 0.282 e. The van der Waals surface area contributed by atoms with E-state index in [-0.39, 0.29) is 57.4 Å². The molecule has 0 unspecified atom stereocenters. The lowest BCUT2D eigenvalue weighted by atomic mass is 10.1. The molecule has 0 bridgehead atoms. The van der Waals surface area contributed by atoms with Gasteiger partial charge in [0, 0.05) is 10.6 Å². The number of halogens is 7. The molecular weight excluding hydrogens is 616 g/mol. The number of hydrogen-bond donors (Lipinski definition) is 0. The Morgan fingerprint density at radius 1 is 0.694 bits per heavy atom. The molecule has 0 atom stereocenters. The highest BCUT2D eigenvalue weighted by Gasteiger charge is 2.46. The van der Waals surface area contributed by atoms with Gasteiger partial charge in [-0.2, -0.15) is 5.01 Å². The lowest BCUT2D eigenvalue weighted by Crippen LogP contribution is -2.51. The van der Waals surface area contributed by atoms with E-state index in [1.54, 1.807) is 6.07 Å². The summed E-state index contributed by atoms with van der Waals surface area (Å²) >= 11 is 42.8. The summed E-state index contributed by atoms with van der Waals surface area (Å²) in [6.07, 6.45) is 0. The minimum Gasteiger partial charge on any atom is -0.292 e. The van der Waals surface area contributed by atoms with Crippen LogP contribution in [0.1, 0.15) is 41.4 Å². The molecule has 1 heterocycles. The van der Waals surface area contributed by atoms with Gasteiger partial charge in [0.2, 0.25) is 0 Å². The minimum absolute atomic E-state index is 0.00297. The van der Waals surface area contributed by atoms with Gasteiger partial charge in [0.05, 0.1) is 46.8 Å². The summed E-state index contributed by atoms with van der Waals surface area (Å²) in [5.41, 5.74) is -0.819. The Bertz CT molecular complexity index is 1440. The molecule has 13 heteroatoms. The maximum atomic E-state index is 13.6. The van der Waals surface area contributed by atoms with Crippen LogP contribution in [0, 0.1) is 0 Å². The van der Waals surface area contributed by atoms with Gasteiger partial charge in [-0.05, 0) is 30.3 Å². The van der Waals surface area contributed by atoms with Gasteiger partial charge in [0.25, 0.3) is 17.7 Å². The van der Waals surface area contributed by atoms with Crippen LogP contribution in [0.25, 0.3) is 0 Å². The second-order valence-electron chi connectivity index (χ2n) is 7.32. The summed E-state index contributed by atoms with van der Waals surface area (Å²) in [6, 6.07) is 10.00. The van der Waals surface area contributed by atoms with Crippen LogP contribution in [0.3, 0.4) is 0 Å². The number of nitrogens with zero attached hydrogens (tertiary/aromatic N) is 2. The molecule has 3 aromatic carbocycles. The highest BCUT2D eigenvalue weighted by molar-refractivity contribution is 6.55. The molecule has 0 radical (unpaired) electrons. The Balaban J connectivity index is 1.85. The average molecular weight is 626 g/mol. The Hall–Kier alpha value is -2.03. The Labute approximate surface area is 239 Å². The molecule has 3 aromatic rings. The Morgan fingerprint density at radius 3 is 1.78 bits per heavy atom. The fraction of sp³-hybridized carbons (Fsp3) is 0.0435. The number of imide groups is 1. The van der Waals surface area contributed by atoms with Crippen molar-refractivity contribution in [1.82, 2.24) is 10.0 Å². The van der Waals surface area contributed by atoms with Crippen LogP contribution in [0.2, 0.25) is 35.2 Å². The molecule has 1 aliphatic heterocycles. The zero-order valence-electron chi connectivity index (χ0n) is 17.4. The number of hydrogen-bond acceptors (Lipinski definition) is 4. The molecular formula is C23H9Cl7N2O4. The van der Waals surface area contributed by atoms with E-state index in [9.17, 15) is 19.2 Å². The van der Waals surface area contributed by atoms with Crippen molar-refractivity contribution >= 4 is 105 Å². The van der Waals surface area contributed by atoms with Crippen LogP contribution >= 0.6 is 81.2 Å². The van der Waals surface area contributed by atoms with Crippen LogP contribution in [-0.2, 0) is 0 Å². The Kier molecular flexibility index (Phi) is 7.79. The summed E-state index contributed by atoms with van der Waals surface area (Å²) < 4.78 is 0. The SMILES string of the molecule is O=C(CN(C(=O)c1ccccc1Cl)N1C(=O)c2c(Cl)c(Cl)c(Cl)c(Cl)c2C1=O)c1ccc(Cl)cc1Cl. The number of hydrazine groups is 1. The van der Waals surface area contributed by atoms with Crippen molar-refractivity contribution in [2.75, 3.05) is 6.54 Å². The lowest BCUT2D eigenvalue weighted by Gasteiger charge is -2.29. The number of amides is 3. The standard InChI is InChI=1S/C23H9Cl7N2O4/c24-9-5-6-10(13(26)7-9)14(33)8-31(21(34)11-3-1-2-4-12(11)25)32-22(35)15-16(23(32)36)18(28)20(30)19(29)17(15)27/h1-7H,8H2. The first kappa shape index (κ1) is 27.0. The second-order valence-corrected chi connectivity index (χ2v) is 10.1. The van der Waals surface area contributed by atoms with Crippen LogP contribution in [0.15, 0.2) is 42.5 Å². The first-order valence-corrected chi connectivity index (χ1v) is 12.4. The molecule has 0 fully saturated rings. The molecule has 0 saturated heterocycles. The number of Topliss-reactive ketones (excluding diaryl/α,β-unsaturated/α-hetero) is 1. The van der Waals surface area contributed by atoms with Gasteiger partial charge < -0.3 is 0 Å². The van der Waals surface area contributed by atoms with Gasteiger partial charge in [-0.1, -0.05) is 93.3 Å². The minimum atomic E-state index is -1.05. The molecule has 184 valence electrons. The number of ketones is 1. The molecule has 0 aliphatic carbocycles. The normalized spacial score (nSPS) is 12.7. The number of carbonyl (C=O) groups is 4. The van der Waals surface area contributed by atoms with Crippen molar-refractivity contribution in [1.29, 1.82) is 0 Å². The fourth-order valence-corrected chi connectivity index (χ4v) is 5.25. The molecule has 1 aliphatic rings. The first-order valence-electron chi connectivity index (χ1n) is 9.75. The third kappa shape index (κ3) is 4.56. The van der Waals surface area contributed by atoms with E-state index in [0.717, 1.165) is 0 Å². The average Bonchev–Trinajstić information content (AvgIpc) is 3.09. The summed E-state index contributed by atoms with van der Waals surface area (Å²) in [7, 11) is 0. The van der Waals surface area contributed by atoms with E-state index in [1.807, 2.05) is 0 Å². The maximum Gasteiger partial charge on any atom is 0.282 e. The van der Waals surface area contributed by atoms with Crippen molar-refractivity contribution in [3.05, 3.63) is 99.9 Å². The van der Waals surface area contributed by atoms with E-state index in [1.165, 1.54) is 36.4 Å². The van der Waals surface area contributed by atoms with Gasteiger partial charge >= 0.3 is 0 Å². The molecule has 6 nitrogen and oxygen atoms in total. The largest absolute Gasteiger partial charge is 0.292 e. The third-order valence-electron chi connectivity index (χ3n) is 5.18. The molecule has 0 aromatic heterocycles. The zero-order valence-corrected chi connectivity index (χ0v) is 22.7. The predicted molar refractivity (Wildman–Crippen MR) is 140 cm³/mol. The molecule has 0 saturated carbocycles. The van der Waals surface area contributed by atoms with Crippen molar-refractivity contribution < 1.29 is 19.2 Å². The lowest BCUT2D eigenvalue weighted by molar-refractivity contribution is 0.00533. The molecule has 0 spiro atoms. The summed E-state index contributed by atoms with van der Waals surface area (Å²) in [4.78, 5) is 53.6. The van der Waals surface area contributed by atoms with Gasteiger partial charge in [-0.3, -0.25) is 19.2 Å². The highest BCUT2D eigenvalue weighted by Crippen LogP contribution is 2.45. The molecule has 4 rings (SSSR count). The Morgan fingerprint density at radius 2 is 1.25 bits per heavy atom. The van der Waals surface area contributed by atoms with Crippen LogP contribution < -0.4 is 0 Å². The summed E-state index contributed by atoms with van der Waals surface area (Å²) in [6.45, 7) is -0.784. The fourth-order valence-electron chi connectivity index (χ4n) is 3.50. The zero-order chi connectivity index (χ0) is 26.5. The number of carbonyl (C=O) groups excluding carboxylic acids is 4. The quantitative estimate of drug-likeness (QED) is 0.126. The maximum absolute atomic E-state index is 13.6. The van der Waals surface area contributed by atoms with Crippen molar-refractivity contribution in [2.45, 2.75) is 0 Å². The predicted octanol–water partition coefficient (Wildman–Crippen LogP) is 7.80. The van der Waals surface area contributed by atoms with E-state index < -0.39 is 30.0 Å². The molecule has 3 amide bonds. The summed E-state index contributed by atoms with van der Waals surface area (Å²) in [5.74, 6) is -3.73. The van der Waals surface area contributed by atoms with E-state index >= 15 is 0 Å². The van der Waals surface area contributed by atoms with Crippen LogP contribution in [-0.4, -0.2) is 40.1 Å². The second kappa shape index (κ2) is 10.4. The van der Waals surface area contributed by atoms with Gasteiger partial charge in [-0.25, -0.2) is 5.01 Å². The highest BCUT2D eigenvalue weighted by atomic mass is 35.5. The van der Waals surface area contributed by atoms with E-state index in [2.05, 4.69) is 0 Å². The van der Waals surface area contributed by atoms with Gasteiger partial charge in [0.15, 0.2) is 5.78 Å². The number of rotatable bonds is 5. The van der Waals surface area contributed by atoms with Crippen molar-refractivity contribution in [3.63, 3.8) is 0 Å². The van der Waals surface area contributed by atoms with E-state index in [4.69, 9.17) is 81.2 Å². The van der Waals surface area contributed by atoms with Gasteiger partial charge in [-0.15, -0.1) is 0 Å². The van der Waals surface area contributed by atoms with Crippen LogP contribution in [0.5, 0.6) is 0 Å². The first-order chi connectivity index (χ1) is 17.0. The molecule has 0 N–H and O–H groups in total. The van der Waals surface area contributed by atoms with E-state index in [0.29, 0.717) is 10.0 Å². The van der Waals surface area contributed by atoms with Crippen molar-refractivity contribution in [3.8, 4) is 0 Å².